The first-order valence-electron chi connectivity index (χ1n) is 12.2. The summed E-state index contributed by atoms with van der Waals surface area (Å²) in [7, 11) is -4.69. The molecule has 0 saturated carbocycles. The molecular weight excluding hydrogens is 499 g/mol. The Morgan fingerprint density at radius 3 is 2.46 bits per heavy atom. The quantitative estimate of drug-likeness (QED) is 0.378. The van der Waals surface area contributed by atoms with Gasteiger partial charge in [0, 0.05) is 18.7 Å². The first-order chi connectivity index (χ1) is 17.6. The van der Waals surface area contributed by atoms with Crippen LogP contribution >= 0.6 is 0 Å². The van der Waals surface area contributed by atoms with Crippen LogP contribution in [0.15, 0.2) is 41.3 Å². The van der Waals surface area contributed by atoms with E-state index < -0.39 is 35.1 Å². The molecule has 198 valence electrons. The van der Waals surface area contributed by atoms with Crippen LogP contribution in [0.3, 0.4) is 0 Å². The number of carbonyl (C=O) groups excluding carboxylic acids is 2. The van der Waals surface area contributed by atoms with Crippen molar-refractivity contribution in [2.24, 2.45) is 5.92 Å². The minimum atomic E-state index is -3.61. The Hall–Kier alpha value is -2.77. The topological polar surface area (TPSA) is 131 Å². The molecule has 37 heavy (non-hydrogen) atoms. The van der Waals surface area contributed by atoms with Crippen LogP contribution in [-0.4, -0.2) is 69.1 Å². The lowest BCUT2D eigenvalue weighted by Gasteiger charge is -2.26. The number of nitrogens with one attached hydrogen (secondary N) is 1. The molecule has 2 heterocycles. The van der Waals surface area contributed by atoms with Crippen LogP contribution in [0.4, 0.5) is 0 Å². The van der Waals surface area contributed by atoms with Crippen LogP contribution in [0.1, 0.15) is 40.9 Å². The zero-order chi connectivity index (χ0) is 26.7. The van der Waals surface area contributed by atoms with Gasteiger partial charge in [-0.1, -0.05) is 32.0 Å². The Labute approximate surface area is 217 Å². The standard InChI is InChI=1S/C25H31BN2O8S/c1-16(2)23(27-24(29)21-9-6-19-15-36-26(31)22(19)17(21)3)25(30)35-14-18-4-7-20(8-5-18)37(32,33)28-10-12-34-13-11-28/h4-9,16,23,31H,10-15H2,1-3H3,(H,27,29)/t23-/m0/s1. The third kappa shape index (κ3) is 5.88. The van der Waals surface area contributed by atoms with Gasteiger partial charge in [-0.3, -0.25) is 4.79 Å². The molecule has 2 aromatic rings. The van der Waals surface area contributed by atoms with Crippen LogP contribution in [0.2, 0.25) is 0 Å². The molecule has 0 aliphatic carbocycles. The highest BCUT2D eigenvalue weighted by Crippen LogP contribution is 2.19. The van der Waals surface area contributed by atoms with Crippen LogP contribution in [0.25, 0.3) is 0 Å². The number of hydrogen-bond acceptors (Lipinski definition) is 8. The average Bonchev–Trinajstić information content (AvgIpc) is 3.27. The fourth-order valence-electron chi connectivity index (χ4n) is 4.41. The van der Waals surface area contributed by atoms with E-state index in [1.807, 2.05) is 0 Å². The monoisotopic (exact) mass is 530 g/mol. The molecule has 2 aliphatic heterocycles. The maximum Gasteiger partial charge on any atom is 0.492 e. The van der Waals surface area contributed by atoms with Crippen molar-refractivity contribution in [1.82, 2.24) is 9.62 Å². The van der Waals surface area contributed by atoms with Crippen molar-refractivity contribution >= 4 is 34.5 Å². The molecule has 2 aliphatic rings. The number of hydrogen-bond donors (Lipinski definition) is 2. The number of sulfonamides is 1. The van der Waals surface area contributed by atoms with Gasteiger partial charge in [0.1, 0.15) is 12.6 Å². The summed E-state index contributed by atoms with van der Waals surface area (Å²) in [6.07, 6.45) is 0. The van der Waals surface area contributed by atoms with Crippen LogP contribution in [-0.2, 0) is 42.2 Å². The van der Waals surface area contributed by atoms with Crippen LogP contribution < -0.4 is 10.8 Å². The van der Waals surface area contributed by atoms with E-state index in [9.17, 15) is 23.0 Å². The summed E-state index contributed by atoms with van der Waals surface area (Å²) in [5.74, 6) is -1.30. The third-order valence-electron chi connectivity index (χ3n) is 6.61. The van der Waals surface area contributed by atoms with Crippen molar-refractivity contribution < 1.29 is 37.2 Å². The summed E-state index contributed by atoms with van der Waals surface area (Å²) in [6, 6.07) is 8.67. The second-order valence-corrected chi connectivity index (χ2v) is 11.4. The molecule has 0 bridgehead atoms. The van der Waals surface area contributed by atoms with Crippen molar-refractivity contribution in [1.29, 1.82) is 0 Å². The number of carbonyl (C=O) groups is 2. The van der Waals surface area contributed by atoms with Gasteiger partial charge in [0.2, 0.25) is 10.0 Å². The van der Waals surface area contributed by atoms with Gasteiger partial charge in [0.15, 0.2) is 0 Å². The van der Waals surface area contributed by atoms with Gasteiger partial charge < -0.3 is 24.5 Å². The maximum absolute atomic E-state index is 13.0. The van der Waals surface area contributed by atoms with Crippen LogP contribution in [0.5, 0.6) is 0 Å². The Bertz CT molecular complexity index is 1260. The van der Waals surface area contributed by atoms with Gasteiger partial charge >= 0.3 is 13.1 Å². The average molecular weight is 530 g/mol. The zero-order valence-electron chi connectivity index (χ0n) is 21.1. The number of rotatable bonds is 8. The van der Waals surface area contributed by atoms with E-state index in [0.29, 0.717) is 48.5 Å². The summed E-state index contributed by atoms with van der Waals surface area (Å²) in [5, 5.41) is 12.8. The maximum atomic E-state index is 13.0. The molecule has 1 amide bonds. The highest BCUT2D eigenvalue weighted by atomic mass is 32.2. The Morgan fingerprint density at radius 2 is 1.81 bits per heavy atom. The molecular formula is C25H31BN2O8S. The fourth-order valence-corrected chi connectivity index (χ4v) is 5.81. The molecule has 0 aromatic heterocycles. The molecule has 10 nitrogen and oxygen atoms in total. The Morgan fingerprint density at radius 1 is 1.14 bits per heavy atom. The van der Waals surface area contributed by atoms with Crippen LogP contribution in [0, 0.1) is 12.8 Å². The summed E-state index contributed by atoms with van der Waals surface area (Å²) >= 11 is 0. The Kier molecular flexibility index (Phi) is 8.34. The summed E-state index contributed by atoms with van der Waals surface area (Å²) < 4.78 is 42.9. The van der Waals surface area contributed by atoms with E-state index in [0.717, 1.165) is 5.56 Å². The lowest BCUT2D eigenvalue weighted by molar-refractivity contribution is -0.148. The number of morpholine rings is 1. The van der Waals surface area contributed by atoms with Gasteiger partial charge in [-0.05, 0) is 53.2 Å². The number of fused-ring (bicyclic) bond motifs is 1. The molecule has 1 atom stereocenters. The van der Waals surface area contributed by atoms with Gasteiger partial charge in [-0.15, -0.1) is 0 Å². The predicted molar refractivity (Wildman–Crippen MR) is 135 cm³/mol. The van der Waals surface area contributed by atoms with Crippen molar-refractivity contribution in [2.45, 2.75) is 44.9 Å². The smallest absolute Gasteiger partial charge is 0.459 e. The van der Waals surface area contributed by atoms with Gasteiger partial charge in [-0.2, -0.15) is 4.31 Å². The second-order valence-electron chi connectivity index (χ2n) is 9.44. The SMILES string of the molecule is Cc1c(C(=O)N[C@H](C(=O)OCc2ccc(S(=O)(=O)N3CCOCC3)cc2)C(C)C)ccc2c1B(O)OC2. The third-order valence-corrected chi connectivity index (χ3v) is 8.53. The fraction of sp³-hybridized carbons (Fsp3) is 0.440. The zero-order valence-corrected chi connectivity index (χ0v) is 21.9. The minimum absolute atomic E-state index is 0.0722. The molecule has 1 saturated heterocycles. The number of esters is 1. The van der Waals surface area contributed by atoms with E-state index in [2.05, 4.69) is 5.32 Å². The minimum Gasteiger partial charge on any atom is -0.459 e. The largest absolute Gasteiger partial charge is 0.492 e. The molecule has 12 heteroatoms. The van der Waals surface area contributed by atoms with E-state index in [1.54, 1.807) is 45.0 Å². The van der Waals surface area contributed by atoms with Crippen molar-refractivity contribution in [3.05, 3.63) is 58.7 Å². The summed E-state index contributed by atoms with van der Waals surface area (Å²) in [6.45, 7) is 6.88. The number of ether oxygens (including phenoxy) is 2. The van der Waals surface area contributed by atoms with E-state index in [4.69, 9.17) is 14.1 Å². The summed E-state index contributed by atoms with van der Waals surface area (Å²) in [5.41, 5.74) is 2.97. The first-order valence-corrected chi connectivity index (χ1v) is 13.6. The molecule has 0 spiro atoms. The second kappa shape index (κ2) is 11.3. The predicted octanol–water partition coefficient (Wildman–Crippen LogP) is 0.731. The first kappa shape index (κ1) is 27.3. The highest BCUT2D eigenvalue weighted by molar-refractivity contribution is 7.89. The lowest BCUT2D eigenvalue weighted by atomic mass is 9.75. The molecule has 0 unspecified atom stereocenters. The van der Waals surface area contributed by atoms with Gasteiger partial charge in [0.05, 0.1) is 24.7 Å². The molecule has 0 radical (unpaired) electrons. The molecule has 2 aromatic carbocycles. The molecule has 1 fully saturated rings. The molecule has 4 rings (SSSR count). The normalized spacial score (nSPS) is 16.9. The van der Waals surface area contributed by atoms with E-state index in [-0.39, 0.29) is 24.0 Å². The molecule has 2 N–H and O–H groups in total. The number of amides is 1. The Balaban J connectivity index is 1.39. The van der Waals surface area contributed by atoms with Crippen molar-refractivity contribution in [3.8, 4) is 0 Å². The summed E-state index contributed by atoms with van der Waals surface area (Å²) in [4.78, 5) is 26.1. The van der Waals surface area contributed by atoms with Crippen molar-refractivity contribution in [3.63, 3.8) is 0 Å². The van der Waals surface area contributed by atoms with Crippen molar-refractivity contribution in [2.75, 3.05) is 26.3 Å². The van der Waals surface area contributed by atoms with Gasteiger partial charge in [-0.25, -0.2) is 13.2 Å². The number of nitrogens with zero attached hydrogens (tertiary/aromatic N) is 1. The number of benzene rings is 2. The van der Waals surface area contributed by atoms with E-state index >= 15 is 0 Å². The highest BCUT2D eigenvalue weighted by Gasteiger charge is 2.33. The van der Waals surface area contributed by atoms with Gasteiger partial charge in [0.25, 0.3) is 5.91 Å². The lowest BCUT2D eigenvalue weighted by Crippen LogP contribution is -2.46. The van der Waals surface area contributed by atoms with E-state index in [1.165, 1.54) is 16.4 Å².